The van der Waals surface area contributed by atoms with Gasteiger partial charge in [-0.25, -0.2) is 0 Å². The third-order valence-electron chi connectivity index (χ3n) is 7.17. The second-order valence-corrected chi connectivity index (χ2v) is 9.05. The lowest BCUT2D eigenvalue weighted by Crippen LogP contribution is -2.45. The maximum Gasteiger partial charge on any atom is 0.251 e. The van der Waals surface area contributed by atoms with E-state index in [0.29, 0.717) is 6.04 Å². The molecule has 4 nitrogen and oxygen atoms in total. The lowest BCUT2D eigenvalue weighted by atomic mass is 9.95. The summed E-state index contributed by atoms with van der Waals surface area (Å²) in [5, 5.41) is 3.29. The summed E-state index contributed by atoms with van der Waals surface area (Å²) in [6, 6.07) is 19.3. The van der Waals surface area contributed by atoms with E-state index >= 15 is 0 Å². The van der Waals surface area contributed by atoms with E-state index < -0.39 is 0 Å². The molecule has 2 saturated carbocycles. The fraction of sp³-hybridized carbons (Fsp3) is 0.480. The quantitative estimate of drug-likeness (QED) is 0.842. The first-order valence-electron chi connectivity index (χ1n) is 11.2. The van der Waals surface area contributed by atoms with Crippen molar-refractivity contribution in [2.24, 2.45) is 11.8 Å². The van der Waals surface area contributed by atoms with E-state index in [4.69, 9.17) is 0 Å². The van der Waals surface area contributed by atoms with Crippen molar-refractivity contribution in [2.75, 3.05) is 31.1 Å². The molecule has 2 aromatic rings. The Kier molecular flexibility index (Phi) is 5.28. The van der Waals surface area contributed by atoms with Crippen molar-refractivity contribution in [1.82, 2.24) is 10.2 Å². The summed E-state index contributed by atoms with van der Waals surface area (Å²) in [4.78, 5) is 17.6. The number of para-hydroxylation sites is 1. The third-order valence-corrected chi connectivity index (χ3v) is 7.17. The van der Waals surface area contributed by atoms with Gasteiger partial charge in [-0.05, 0) is 60.9 Å². The maximum absolute atomic E-state index is 12.6. The summed E-state index contributed by atoms with van der Waals surface area (Å²) in [5.41, 5.74) is 3.40. The number of nitrogens with zero attached hydrogens (tertiary/aromatic N) is 2. The monoisotopic (exact) mass is 389 g/mol. The largest absolute Gasteiger partial charge is 0.369 e. The third kappa shape index (κ3) is 4.18. The van der Waals surface area contributed by atoms with Gasteiger partial charge >= 0.3 is 0 Å². The van der Waals surface area contributed by atoms with Crippen LogP contribution in [-0.2, 0) is 6.54 Å². The molecule has 1 amide bonds. The number of anilines is 1. The molecule has 29 heavy (non-hydrogen) atoms. The molecule has 3 aliphatic rings. The van der Waals surface area contributed by atoms with Crippen LogP contribution < -0.4 is 10.2 Å². The summed E-state index contributed by atoms with van der Waals surface area (Å²) < 4.78 is 0. The van der Waals surface area contributed by atoms with E-state index in [1.807, 2.05) is 12.1 Å². The number of hydrogen-bond acceptors (Lipinski definition) is 3. The van der Waals surface area contributed by atoms with Crippen LogP contribution in [0.4, 0.5) is 5.69 Å². The van der Waals surface area contributed by atoms with E-state index in [-0.39, 0.29) is 5.91 Å². The van der Waals surface area contributed by atoms with Gasteiger partial charge in [-0.15, -0.1) is 0 Å². The van der Waals surface area contributed by atoms with Gasteiger partial charge in [-0.3, -0.25) is 9.69 Å². The average Bonchev–Trinajstić information content (AvgIpc) is 3.39. The highest BCUT2D eigenvalue weighted by Gasteiger charge is 2.40. The van der Waals surface area contributed by atoms with Crippen LogP contribution >= 0.6 is 0 Å². The summed E-state index contributed by atoms with van der Waals surface area (Å²) >= 11 is 0. The highest BCUT2D eigenvalue weighted by atomic mass is 16.1. The van der Waals surface area contributed by atoms with Crippen molar-refractivity contribution in [2.45, 2.75) is 38.3 Å². The molecule has 3 atom stereocenters. The van der Waals surface area contributed by atoms with Gasteiger partial charge in [0.1, 0.15) is 0 Å². The number of hydrogen-bond donors (Lipinski definition) is 1. The standard InChI is InChI=1S/C25H31N3O/c29-25(26-24-17-20-8-11-22(24)16-20)21-9-6-19(7-10-21)18-27-12-14-28(15-13-27)23-4-2-1-3-5-23/h1-7,9-10,20,22,24H,8,11-18H2,(H,26,29)/t20-,22-,24+/m1/s1. The zero-order valence-electron chi connectivity index (χ0n) is 17.1. The van der Waals surface area contributed by atoms with Crippen molar-refractivity contribution in [3.63, 3.8) is 0 Å². The number of rotatable bonds is 5. The van der Waals surface area contributed by atoms with Gasteiger partial charge in [0, 0.05) is 50.0 Å². The molecule has 152 valence electrons. The number of fused-ring (bicyclic) bond motifs is 2. The van der Waals surface area contributed by atoms with Crippen LogP contribution in [0.15, 0.2) is 54.6 Å². The van der Waals surface area contributed by atoms with Crippen LogP contribution in [0, 0.1) is 11.8 Å². The summed E-state index contributed by atoms with van der Waals surface area (Å²) in [7, 11) is 0. The average molecular weight is 390 g/mol. The van der Waals surface area contributed by atoms with Gasteiger partial charge in [-0.2, -0.15) is 0 Å². The molecular formula is C25H31N3O. The van der Waals surface area contributed by atoms with Gasteiger partial charge in [-0.1, -0.05) is 36.8 Å². The first kappa shape index (κ1) is 18.7. The minimum absolute atomic E-state index is 0.102. The highest BCUT2D eigenvalue weighted by Crippen LogP contribution is 2.44. The molecule has 5 rings (SSSR count). The number of nitrogens with one attached hydrogen (secondary N) is 1. The molecule has 3 fully saturated rings. The lowest BCUT2D eigenvalue weighted by molar-refractivity contribution is 0.0923. The van der Waals surface area contributed by atoms with E-state index in [1.54, 1.807) is 0 Å². The van der Waals surface area contributed by atoms with Gasteiger partial charge in [0.25, 0.3) is 5.91 Å². The Hall–Kier alpha value is -2.33. The van der Waals surface area contributed by atoms with E-state index in [2.05, 4.69) is 57.6 Å². The van der Waals surface area contributed by atoms with E-state index in [9.17, 15) is 4.79 Å². The van der Waals surface area contributed by atoms with Gasteiger partial charge in [0.2, 0.25) is 0 Å². The minimum atomic E-state index is 0.102. The Balaban J connectivity index is 1.12. The number of piperazine rings is 1. The second-order valence-electron chi connectivity index (χ2n) is 9.05. The lowest BCUT2D eigenvalue weighted by Gasteiger charge is -2.36. The van der Waals surface area contributed by atoms with Crippen LogP contribution in [0.25, 0.3) is 0 Å². The Labute approximate surface area is 173 Å². The summed E-state index contributed by atoms with van der Waals surface area (Å²) in [6.45, 7) is 5.22. The molecule has 0 spiro atoms. The minimum Gasteiger partial charge on any atom is -0.369 e. The SMILES string of the molecule is O=C(N[C@H]1C[C@@H]2CC[C@@H]1C2)c1ccc(CN2CCN(c3ccccc3)CC2)cc1. The zero-order valence-corrected chi connectivity index (χ0v) is 17.1. The van der Waals surface area contributed by atoms with Crippen LogP contribution in [0.2, 0.25) is 0 Å². The molecule has 1 aliphatic heterocycles. The Morgan fingerprint density at radius 2 is 1.66 bits per heavy atom. The molecule has 1 N–H and O–H groups in total. The topological polar surface area (TPSA) is 35.6 Å². The molecule has 4 heteroatoms. The molecule has 1 saturated heterocycles. The number of benzene rings is 2. The molecule has 2 aliphatic carbocycles. The van der Waals surface area contributed by atoms with Crippen molar-refractivity contribution in [1.29, 1.82) is 0 Å². The maximum atomic E-state index is 12.6. The molecule has 0 unspecified atom stereocenters. The molecule has 1 heterocycles. The summed E-state index contributed by atoms with van der Waals surface area (Å²) in [5.74, 6) is 1.68. The number of carbonyl (C=O) groups excluding carboxylic acids is 1. The van der Waals surface area contributed by atoms with Crippen molar-refractivity contribution in [3.05, 3.63) is 65.7 Å². The Morgan fingerprint density at radius 1 is 0.897 bits per heavy atom. The fourth-order valence-electron chi connectivity index (χ4n) is 5.50. The number of amides is 1. The first-order valence-corrected chi connectivity index (χ1v) is 11.2. The second kappa shape index (κ2) is 8.19. The Bertz CT molecular complexity index is 827. The first-order chi connectivity index (χ1) is 14.2. The Morgan fingerprint density at radius 3 is 2.31 bits per heavy atom. The molecular weight excluding hydrogens is 358 g/mol. The van der Waals surface area contributed by atoms with Gasteiger partial charge in [0.05, 0.1) is 0 Å². The fourth-order valence-corrected chi connectivity index (χ4v) is 5.50. The van der Waals surface area contributed by atoms with Crippen LogP contribution in [0.3, 0.4) is 0 Å². The highest BCUT2D eigenvalue weighted by molar-refractivity contribution is 5.94. The zero-order chi connectivity index (χ0) is 19.6. The van der Waals surface area contributed by atoms with E-state index in [0.717, 1.165) is 50.1 Å². The molecule has 0 radical (unpaired) electrons. The molecule has 2 aromatic carbocycles. The molecule has 0 aromatic heterocycles. The van der Waals surface area contributed by atoms with Gasteiger partial charge in [0.15, 0.2) is 0 Å². The predicted molar refractivity (Wildman–Crippen MR) is 117 cm³/mol. The molecule has 2 bridgehead atoms. The van der Waals surface area contributed by atoms with Crippen LogP contribution in [-0.4, -0.2) is 43.0 Å². The summed E-state index contributed by atoms with van der Waals surface area (Å²) in [6.07, 6.45) is 5.17. The normalized spacial score (nSPS) is 26.6. The van der Waals surface area contributed by atoms with Crippen LogP contribution in [0.5, 0.6) is 0 Å². The van der Waals surface area contributed by atoms with Crippen molar-refractivity contribution in [3.8, 4) is 0 Å². The van der Waals surface area contributed by atoms with E-state index in [1.165, 1.54) is 36.9 Å². The van der Waals surface area contributed by atoms with Crippen LogP contribution in [0.1, 0.15) is 41.6 Å². The van der Waals surface area contributed by atoms with Crippen molar-refractivity contribution >= 4 is 11.6 Å². The van der Waals surface area contributed by atoms with Gasteiger partial charge < -0.3 is 10.2 Å². The predicted octanol–water partition coefficient (Wildman–Crippen LogP) is 3.93. The van der Waals surface area contributed by atoms with Crippen molar-refractivity contribution < 1.29 is 4.79 Å². The smallest absolute Gasteiger partial charge is 0.251 e. The number of carbonyl (C=O) groups is 1.